The van der Waals surface area contributed by atoms with E-state index in [1.807, 2.05) is 12.3 Å². The molecular formula is C29H39FN6O3. The maximum atomic E-state index is 14.9. The number of allylic oxidation sites excluding steroid dienone is 3. The standard InChI is InChI=1S/C29H39FN6O3/c1-19(2)28-32-29(39-33-28)35-9-5-20(6-10-35)24-15-21(24)7-14-38-23-4-3-22(25(30)17-23)16-27(37)36-13-12-34-11-8-31-26(34)18-36/h3-4,8,11,17,19-22,24-25H,5-7,9-10,12-16,18H2,1-2H3. The van der Waals surface area contributed by atoms with Gasteiger partial charge in [-0.3, -0.25) is 4.79 Å². The van der Waals surface area contributed by atoms with Gasteiger partial charge in [0.1, 0.15) is 17.8 Å². The summed E-state index contributed by atoms with van der Waals surface area (Å²) < 4.78 is 28.4. The molecule has 0 bridgehead atoms. The van der Waals surface area contributed by atoms with Crippen LogP contribution in [0.4, 0.5) is 10.4 Å². The molecule has 1 saturated carbocycles. The molecule has 2 fully saturated rings. The van der Waals surface area contributed by atoms with Crippen LogP contribution in [0.1, 0.15) is 63.5 Å². The summed E-state index contributed by atoms with van der Waals surface area (Å²) >= 11 is 0. The van der Waals surface area contributed by atoms with E-state index < -0.39 is 12.1 Å². The molecule has 0 spiro atoms. The lowest BCUT2D eigenvalue weighted by atomic mass is 9.90. The van der Waals surface area contributed by atoms with E-state index >= 15 is 0 Å². The van der Waals surface area contributed by atoms with Gasteiger partial charge in [0.2, 0.25) is 5.91 Å². The Morgan fingerprint density at radius 2 is 2.08 bits per heavy atom. The summed E-state index contributed by atoms with van der Waals surface area (Å²) in [7, 11) is 0. The second-order valence-corrected chi connectivity index (χ2v) is 11.8. The SMILES string of the molecule is CC(C)c1noc(N2CCC(C3CC3CCOC3=CC(F)C(CC(=O)N4CCn5ccnc5C4)C=C3)CC2)n1. The molecule has 2 aliphatic carbocycles. The molecule has 4 heterocycles. The van der Waals surface area contributed by atoms with E-state index in [9.17, 15) is 9.18 Å². The fourth-order valence-corrected chi connectivity index (χ4v) is 6.27. The lowest BCUT2D eigenvalue weighted by Crippen LogP contribution is -2.39. The van der Waals surface area contributed by atoms with Crippen LogP contribution in [0.25, 0.3) is 0 Å². The average molecular weight is 539 g/mol. The first-order chi connectivity index (χ1) is 18.9. The fraction of sp³-hybridized carbons (Fsp3) is 0.655. The first kappa shape index (κ1) is 26.1. The van der Waals surface area contributed by atoms with Crippen molar-refractivity contribution in [3.05, 3.63) is 48.0 Å². The van der Waals surface area contributed by atoms with E-state index in [2.05, 4.69) is 38.4 Å². The number of halogens is 1. The lowest BCUT2D eigenvalue weighted by Gasteiger charge is -2.30. The largest absolute Gasteiger partial charge is 0.494 e. The third-order valence-corrected chi connectivity index (χ3v) is 8.85. The molecule has 210 valence electrons. The van der Waals surface area contributed by atoms with Gasteiger partial charge in [0.05, 0.1) is 13.2 Å². The summed E-state index contributed by atoms with van der Waals surface area (Å²) in [4.78, 5) is 25.6. The van der Waals surface area contributed by atoms with Crippen LogP contribution < -0.4 is 4.90 Å². The summed E-state index contributed by atoms with van der Waals surface area (Å²) in [6.07, 6.45) is 12.4. The Bertz CT molecular complexity index is 1210. The van der Waals surface area contributed by atoms with Gasteiger partial charge in [0, 0.05) is 56.8 Å². The molecule has 0 aromatic carbocycles. The third-order valence-electron chi connectivity index (χ3n) is 8.85. The first-order valence-corrected chi connectivity index (χ1v) is 14.5. The maximum Gasteiger partial charge on any atom is 0.324 e. The monoisotopic (exact) mass is 538 g/mol. The van der Waals surface area contributed by atoms with Gasteiger partial charge < -0.3 is 23.6 Å². The molecule has 9 nitrogen and oxygen atoms in total. The van der Waals surface area contributed by atoms with Crippen molar-refractivity contribution in [1.82, 2.24) is 24.6 Å². The predicted octanol–water partition coefficient (Wildman–Crippen LogP) is 4.49. The molecule has 4 aliphatic rings. The molecule has 2 aliphatic heterocycles. The van der Waals surface area contributed by atoms with Crippen molar-refractivity contribution in [2.75, 3.05) is 31.1 Å². The van der Waals surface area contributed by atoms with Gasteiger partial charge in [-0.15, -0.1) is 0 Å². The second-order valence-electron chi connectivity index (χ2n) is 11.8. The number of hydrogen-bond acceptors (Lipinski definition) is 7. The van der Waals surface area contributed by atoms with Crippen molar-refractivity contribution >= 4 is 11.9 Å². The zero-order valence-corrected chi connectivity index (χ0v) is 22.9. The zero-order chi connectivity index (χ0) is 26.9. The topological polar surface area (TPSA) is 89.5 Å². The van der Waals surface area contributed by atoms with Crippen LogP contribution >= 0.6 is 0 Å². The van der Waals surface area contributed by atoms with Gasteiger partial charge in [0.25, 0.3) is 0 Å². The van der Waals surface area contributed by atoms with Crippen molar-refractivity contribution in [1.29, 1.82) is 0 Å². The number of carbonyl (C=O) groups excluding carboxylic acids is 1. The van der Waals surface area contributed by atoms with Gasteiger partial charge in [-0.1, -0.05) is 25.1 Å². The lowest BCUT2D eigenvalue weighted by molar-refractivity contribution is -0.133. The molecular weight excluding hydrogens is 499 g/mol. The van der Waals surface area contributed by atoms with Gasteiger partial charge >= 0.3 is 6.01 Å². The van der Waals surface area contributed by atoms with E-state index in [1.165, 1.54) is 12.5 Å². The van der Waals surface area contributed by atoms with Crippen molar-refractivity contribution < 1.29 is 18.4 Å². The minimum absolute atomic E-state index is 0.0256. The minimum atomic E-state index is -1.21. The Balaban J connectivity index is 0.889. The number of carbonyl (C=O) groups is 1. The quantitative estimate of drug-likeness (QED) is 0.465. The van der Waals surface area contributed by atoms with E-state index in [4.69, 9.17) is 9.26 Å². The zero-order valence-electron chi connectivity index (χ0n) is 22.9. The molecule has 1 saturated heterocycles. The average Bonchev–Trinajstić information content (AvgIpc) is 3.31. The molecule has 0 radical (unpaired) electrons. The number of hydrogen-bond donors (Lipinski definition) is 0. The molecule has 2 aromatic rings. The maximum absolute atomic E-state index is 14.9. The number of aromatic nitrogens is 4. The summed E-state index contributed by atoms with van der Waals surface area (Å²) in [5.74, 6) is 4.22. The van der Waals surface area contributed by atoms with Crippen molar-refractivity contribution in [2.24, 2.45) is 23.7 Å². The minimum Gasteiger partial charge on any atom is -0.494 e. The molecule has 39 heavy (non-hydrogen) atoms. The van der Waals surface area contributed by atoms with Crippen LogP contribution in [-0.2, 0) is 22.6 Å². The molecule has 4 unspecified atom stereocenters. The number of amides is 1. The highest BCUT2D eigenvalue weighted by Gasteiger charge is 2.43. The van der Waals surface area contributed by atoms with Crippen LogP contribution in [0.3, 0.4) is 0 Å². The Kier molecular flexibility index (Phi) is 7.44. The smallest absolute Gasteiger partial charge is 0.324 e. The number of rotatable bonds is 9. The highest BCUT2D eigenvalue weighted by atomic mass is 19.1. The number of nitrogens with zero attached hydrogens (tertiary/aromatic N) is 6. The predicted molar refractivity (Wildman–Crippen MR) is 143 cm³/mol. The Morgan fingerprint density at radius 1 is 1.23 bits per heavy atom. The summed E-state index contributed by atoms with van der Waals surface area (Å²) in [5, 5.41) is 4.09. The number of fused-ring (bicyclic) bond motifs is 1. The number of piperidine rings is 1. The van der Waals surface area contributed by atoms with Gasteiger partial charge in [-0.05, 0) is 55.6 Å². The third kappa shape index (κ3) is 5.89. The number of ether oxygens (including phenoxy) is 1. The van der Waals surface area contributed by atoms with Crippen LogP contribution in [0, 0.1) is 23.7 Å². The summed E-state index contributed by atoms with van der Waals surface area (Å²) in [6.45, 7) is 8.54. The number of anilines is 1. The first-order valence-electron chi connectivity index (χ1n) is 14.5. The van der Waals surface area contributed by atoms with Crippen molar-refractivity contribution in [3.63, 3.8) is 0 Å². The highest BCUT2D eigenvalue weighted by molar-refractivity contribution is 5.77. The molecule has 10 heteroatoms. The molecule has 6 rings (SSSR count). The van der Waals surface area contributed by atoms with Crippen LogP contribution in [0.15, 0.2) is 40.9 Å². The Morgan fingerprint density at radius 3 is 2.85 bits per heavy atom. The van der Waals surface area contributed by atoms with Crippen LogP contribution in [0.5, 0.6) is 0 Å². The number of alkyl halides is 1. The summed E-state index contributed by atoms with van der Waals surface area (Å²) in [6, 6.07) is 0.656. The highest BCUT2D eigenvalue weighted by Crippen LogP contribution is 2.50. The van der Waals surface area contributed by atoms with Crippen LogP contribution in [-0.4, -0.2) is 62.9 Å². The normalized spacial score (nSPS) is 27.0. The van der Waals surface area contributed by atoms with Gasteiger partial charge in [-0.2, -0.15) is 4.98 Å². The van der Waals surface area contributed by atoms with Gasteiger partial charge in [-0.25, -0.2) is 9.37 Å². The molecule has 1 amide bonds. The molecule has 2 aromatic heterocycles. The Hall–Kier alpha value is -3.17. The second kappa shape index (κ2) is 11.1. The van der Waals surface area contributed by atoms with Crippen LogP contribution in [0.2, 0.25) is 0 Å². The Labute approximate surface area is 229 Å². The molecule has 4 atom stereocenters. The van der Waals surface area contributed by atoms with E-state index in [-0.39, 0.29) is 18.2 Å². The van der Waals surface area contributed by atoms with E-state index in [1.54, 1.807) is 17.2 Å². The van der Waals surface area contributed by atoms with E-state index in [0.29, 0.717) is 37.4 Å². The molecule has 0 N–H and O–H groups in total. The van der Waals surface area contributed by atoms with Gasteiger partial charge in [0.15, 0.2) is 5.82 Å². The fourth-order valence-electron chi connectivity index (χ4n) is 6.27. The van der Waals surface area contributed by atoms with Crippen molar-refractivity contribution in [3.8, 4) is 0 Å². The number of imidazole rings is 1. The van der Waals surface area contributed by atoms with E-state index in [0.717, 1.165) is 62.4 Å². The summed E-state index contributed by atoms with van der Waals surface area (Å²) in [5.41, 5.74) is 0. The van der Waals surface area contributed by atoms with Crippen molar-refractivity contribution in [2.45, 2.75) is 71.1 Å².